The van der Waals surface area contributed by atoms with Gasteiger partial charge in [0.25, 0.3) is 0 Å². The van der Waals surface area contributed by atoms with E-state index in [0.29, 0.717) is 0 Å². The quantitative estimate of drug-likeness (QED) is 0.734. The van der Waals surface area contributed by atoms with Gasteiger partial charge in [0.05, 0.1) is 0 Å². The van der Waals surface area contributed by atoms with E-state index in [0.717, 1.165) is 24.9 Å². The van der Waals surface area contributed by atoms with Gasteiger partial charge in [-0.25, -0.2) is 0 Å². The van der Waals surface area contributed by atoms with Crippen molar-refractivity contribution in [2.75, 3.05) is 13.1 Å². The minimum absolute atomic E-state index is 0.751. The Morgan fingerprint density at radius 1 is 1.12 bits per heavy atom. The molecule has 0 spiro atoms. The molecule has 17 heavy (non-hydrogen) atoms. The summed E-state index contributed by atoms with van der Waals surface area (Å²) >= 11 is 1.99. The first-order chi connectivity index (χ1) is 8.15. The fourth-order valence-corrected chi connectivity index (χ4v) is 3.02. The molecule has 0 aliphatic carbocycles. The zero-order chi connectivity index (χ0) is 12.7. The molecule has 1 nitrogen and oxygen atoms in total. The number of hydrogen-bond acceptors (Lipinski definition) is 2. The molecule has 0 aromatic carbocycles. The first-order valence-corrected chi connectivity index (χ1v) is 7.75. The molecule has 0 radical (unpaired) electrons. The lowest BCUT2D eigenvalue weighted by Crippen LogP contribution is -2.27. The number of hydrogen-bond donors (Lipinski definition) is 1. The molecule has 0 bridgehead atoms. The summed E-state index contributed by atoms with van der Waals surface area (Å²) in [7, 11) is 0. The third kappa shape index (κ3) is 5.69. The highest BCUT2D eigenvalue weighted by Crippen LogP contribution is 2.21. The maximum atomic E-state index is 3.58. The molecule has 0 aliphatic rings. The van der Waals surface area contributed by atoms with Crippen molar-refractivity contribution in [3.05, 3.63) is 21.9 Å². The van der Waals surface area contributed by atoms with E-state index in [1.807, 2.05) is 11.3 Å². The van der Waals surface area contributed by atoms with Crippen molar-refractivity contribution < 1.29 is 0 Å². The van der Waals surface area contributed by atoms with Gasteiger partial charge < -0.3 is 5.32 Å². The smallest absolute Gasteiger partial charge is 0.00514 e. The van der Waals surface area contributed by atoms with Crippen molar-refractivity contribution in [3.63, 3.8) is 0 Å². The maximum Gasteiger partial charge on any atom is 0.00514 e. The summed E-state index contributed by atoms with van der Waals surface area (Å²) in [4.78, 5) is 3.07. The predicted molar refractivity (Wildman–Crippen MR) is 78.9 cm³/mol. The Balaban J connectivity index is 2.35. The second-order valence-electron chi connectivity index (χ2n) is 5.25. The lowest BCUT2D eigenvalue weighted by atomic mass is 10.0. The van der Waals surface area contributed by atoms with Gasteiger partial charge in [-0.3, -0.25) is 0 Å². The maximum absolute atomic E-state index is 3.58. The molecule has 98 valence electrons. The van der Waals surface area contributed by atoms with Crippen LogP contribution in [0.2, 0.25) is 0 Å². The van der Waals surface area contributed by atoms with E-state index in [9.17, 15) is 0 Å². The number of thiophene rings is 1. The van der Waals surface area contributed by atoms with Crippen molar-refractivity contribution in [2.24, 2.45) is 11.8 Å². The fraction of sp³-hybridized carbons (Fsp3) is 0.733. The molecule has 1 unspecified atom stereocenters. The highest BCUT2D eigenvalue weighted by atomic mass is 32.1. The van der Waals surface area contributed by atoms with E-state index < -0.39 is 0 Å². The average Bonchev–Trinajstić information content (AvgIpc) is 2.75. The van der Waals surface area contributed by atoms with E-state index in [-0.39, 0.29) is 0 Å². The summed E-state index contributed by atoms with van der Waals surface area (Å²) < 4.78 is 0. The van der Waals surface area contributed by atoms with Crippen LogP contribution in [0.1, 0.15) is 43.9 Å². The van der Waals surface area contributed by atoms with Gasteiger partial charge in [-0.1, -0.05) is 34.1 Å². The Labute approximate surface area is 111 Å². The second-order valence-corrected chi connectivity index (χ2v) is 6.50. The SMILES string of the molecule is CCc1ccc(CC(CC)CNCC(C)C)s1. The van der Waals surface area contributed by atoms with Crippen LogP contribution >= 0.6 is 11.3 Å². The van der Waals surface area contributed by atoms with Crippen LogP contribution in [0.3, 0.4) is 0 Å². The van der Waals surface area contributed by atoms with Gasteiger partial charge in [0.1, 0.15) is 0 Å². The molecule has 1 aromatic rings. The number of rotatable bonds is 8. The van der Waals surface area contributed by atoms with E-state index >= 15 is 0 Å². The van der Waals surface area contributed by atoms with Gasteiger partial charge >= 0.3 is 0 Å². The molecular weight excluding hydrogens is 226 g/mol. The summed E-state index contributed by atoms with van der Waals surface area (Å²) in [6.07, 6.45) is 3.68. The van der Waals surface area contributed by atoms with Crippen molar-refractivity contribution in [3.8, 4) is 0 Å². The van der Waals surface area contributed by atoms with Crippen LogP contribution in [0.15, 0.2) is 12.1 Å². The first-order valence-electron chi connectivity index (χ1n) is 6.94. The Bertz CT molecular complexity index is 304. The van der Waals surface area contributed by atoms with Gasteiger partial charge in [-0.05, 0) is 49.9 Å². The molecule has 0 fully saturated rings. The van der Waals surface area contributed by atoms with Crippen LogP contribution in [0.5, 0.6) is 0 Å². The highest BCUT2D eigenvalue weighted by Gasteiger charge is 2.09. The van der Waals surface area contributed by atoms with Crippen molar-refractivity contribution in [1.82, 2.24) is 5.32 Å². The molecule has 0 aliphatic heterocycles. The molecular formula is C15H27NS. The number of nitrogens with one attached hydrogen (secondary N) is 1. The van der Waals surface area contributed by atoms with E-state index in [1.54, 1.807) is 4.88 Å². The standard InChI is InChI=1S/C15H27NS/c1-5-13(11-16-10-12(3)4)9-15-8-7-14(6-2)17-15/h7-8,12-13,16H,5-6,9-11H2,1-4H3. The highest BCUT2D eigenvalue weighted by molar-refractivity contribution is 7.11. The average molecular weight is 253 g/mol. The molecule has 1 N–H and O–H groups in total. The van der Waals surface area contributed by atoms with E-state index in [1.165, 1.54) is 24.1 Å². The van der Waals surface area contributed by atoms with Crippen LogP contribution in [-0.4, -0.2) is 13.1 Å². The summed E-state index contributed by atoms with van der Waals surface area (Å²) in [6, 6.07) is 4.60. The third-order valence-corrected chi connectivity index (χ3v) is 4.37. The second kappa shape index (κ2) is 7.88. The van der Waals surface area contributed by atoms with Gasteiger partial charge in [0.15, 0.2) is 0 Å². The minimum atomic E-state index is 0.751. The zero-order valence-electron chi connectivity index (χ0n) is 11.8. The number of aryl methyl sites for hydroxylation is 1. The first kappa shape index (κ1) is 14.7. The van der Waals surface area contributed by atoms with Gasteiger partial charge in [-0.2, -0.15) is 0 Å². The molecule has 1 rings (SSSR count). The molecule has 1 heterocycles. The lowest BCUT2D eigenvalue weighted by molar-refractivity contribution is 0.439. The van der Waals surface area contributed by atoms with Crippen molar-refractivity contribution >= 4 is 11.3 Å². The molecule has 2 heteroatoms. The van der Waals surface area contributed by atoms with Crippen molar-refractivity contribution in [2.45, 2.75) is 47.0 Å². The van der Waals surface area contributed by atoms with Crippen LogP contribution in [-0.2, 0) is 12.8 Å². The summed E-state index contributed by atoms with van der Waals surface area (Å²) in [5.74, 6) is 1.54. The predicted octanol–water partition coefficient (Wildman–Crippen LogP) is 4.12. The Kier molecular flexibility index (Phi) is 6.83. The topological polar surface area (TPSA) is 12.0 Å². The monoisotopic (exact) mass is 253 g/mol. The molecule has 0 saturated carbocycles. The zero-order valence-corrected chi connectivity index (χ0v) is 12.6. The van der Waals surface area contributed by atoms with Crippen molar-refractivity contribution in [1.29, 1.82) is 0 Å². The Morgan fingerprint density at radius 3 is 2.35 bits per heavy atom. The lowest BCUT2D eigenvalue weighted by Gasteiger charge is -2.15. The van der Waals surface area contributed by atoms with E-state index in [4.69, 9.17) is 0 Å². The minimum Gasteiger partial charge on any atom is -0.316 e. The van der Waals surface area contributed by atoms with Crippen LogP contribution in [0.25, 0.3) is 0 Å². The molecule has 0 saturated heterocycles. The van der Waals surface area contributed by atoms with Gasteiger partial charge in [0.2, 0.25) is 0 Å². The molecule has 1 atom stereocenters. The van der Waals surface area contributed by atoms with Gasteiger partial charge in [-0.15, -0.1) is 11.3 Å². The van der Waals surface area contributed by atoms with Crippen LogP contribution in [0.4, 0.5) is 0 Å². The summed E-state index contributed by atoms with van der Waals surface area (Å²) in [5, 5.41) is 3.58. The van der Waals surface area contributed by atoms with Crippen LogP contribution < -0.4 is 5.32 Å². The summed E-state index contributed by atoms with van der Waals surface area (Å²) in [5.41, 5.74) is 0. The van der Waals surface area contributed by atoms with E-state index in [2.05, 4.69) is 45.1 Å². The third-order valence-electron chi connectivity index (χ3n) is 3.12. The molecule has 0 amide bonds. The normalized spacial score (nSPS) is 13.2. The molecule has 1 aromatic heterocycles. The Morgan fingerprint density at radius 2 is 1.82 bits per heavy atom. The Hall–Kier alpha value is -0.340. The van der Waals surface area contributed by atoms with Gasteiger partial charge in [0, 0.05) is 9.75 Å². The largest absolute Gasteiger partial charge is 0.316 e. The fourth-order valence-electron chi connectivity index (χ4n) is 1.94. The summed E-state index contributed by atoms with van der Waals surface area (Å²) in [6.45, 7) is 11.4. The van der Waals surface area contributed by atoms with Crippen LogP contribution in [0, 0.1) is 11.8 Å².